The van der Waals surface area contributed by atoms with Crippen LogP contribution in [0.5, 0.6) is 0 Å². The zero-order valence-corrected chi connectivity index (χ0v) is 15.3. The van der Waals surface area contributed by atoms with Crippen LogP contribution in [0.25, 0.3) is 0 Å². The predicted octanol–water partition coefficient (Wildman–Crippen LogP) is 4.14. The van der Waals surface area contributed by atoms with Crippen LogP contribution in [0.4, 0.5) is 0 Å². The SMILES string of the molecule is Clc1cc(CN2CCN(CCCc3ccccc3)CC2)cc(Cl)n1. The first-order chi connectivity index (χ1) is 11.7. The van der Waals surface area contributed by atoms with E-state index in [0.717, 1.165) is 44.7 Å². The molecule has 1 fully saturated rings. The van der Waals surface area contributed by atoms with Gasteiger partial charge in [-0.1, -0.05) is 53.5 Å². The third-order valence-electron chi connectivity index (χ3n) is 4.48. The summed E-state index contributed by atoms with van der Waals surface area (Å²) >= 11 is 12.0. The van der Waals surface area contributed by atoms with Gasteiger partial charge in [0.15, 0.2) is 0 Å². The predicted molar refractivity (Wildman–Crippen MR) is 101 cm³/mol. The summed E-state index contributed by atoms with van der Waals surface area (Å²) in [4.78, 5) is 9.02. The third kappa shape index (κ3) is 5.45. The van der Waals surface area contributed by atoms with Gasteiger partial charge in [0, 0.05) is 32.7 Å². The summed E-state index contributed by atoms with van der Waals surface area (Å²) in [7, 11) is 0. The molecule has 0 amide bonds. The number of nitrogens with zero attached hydrogens (tertiary/aromatic N) is 3. The molecule has 5 heteroatoms. The lowest BCUT2D eigenvalue weighted by Gasteiger charge is -2.34. The molecule has 2 heterocycles. The minimum absolute atomic E-state index is 0.469. The summed E-state index contributed by atoms with van der Waals surface area (Å²) in [5, 5.41) is 0.939. The van der Waals surface area contributed by atoms with E-state index in [4.69, 9.17) is 23.2 Å². The van der Waals surface area contributed by atoms with Crippen molar-refractivity contribution in [3.8, 4) is 0 Å². The fraction of sp³-hybridized carbons (Fsp3) is 0.421. The van der Waals surface area contributed by atoms with E-state index in [9.17, 15) is 0 Å². The highest BCUT2D eigenvalue weighted by Gasteiger charge is 2.17. The van der Waals surface area contributed by atoms with Gasteiger partial charge in [-0.15, -0.1) is 0 Å². The molecule has 0 unspecified atom stereocenters. The molecule has 3 nitrogen and oxygen atoms in total. The standard InChI is InChI=1S/C19H23Cl2N3/c20-18-13-17(14-19(21)22-18)15-24-11-9-23(10-12-24)8-4-7-16-5-2-1-3-6-16/h1-3,5-6,13-14H,4,7-12,15H2. The molecule has 0 aliphatic carbocycles. The molecule has 1 saturated heterocycles. The number of hydrogen-bond donors (Lipinski definition) is 0. The first kappa shape index (κ1) is 17.7. The molecule has 0 bridgehead atoms. The van der Waals surface area contributed by atoms with Crippen LogP contribution in [0.15, 0.2) is 42.5 Å². The quantitative estimate of drug-likeness (QED) is 0.719. The van der Waals surface area contributed by atoms with Gasteiger partial charge in [0.05, 0.1) is 0 Å². The van der Waals surface area contributed by atoms with Crippen molar-refractivity contribution >= 4 is 23.2 Å². The zero-order valence-electron chi connectivity index (χ0n) is 13.8. The molecular weight excluding hydrogens is 341 g/mol. The Labute approximate surface area is 154 Å². The van der Waals surface area contributed by atoms with Gasteiger partial charge < -0.3 is 4.90 Å². The normalized spacial score (nSPS) is 16.4. The van der Waals surface area contributed by atoms with Crippen molar-refractivity contribution < 1.29 is 0 Å². The lowest BCUT2D eigenvalue weighted by Crippen LogP contribution is -2.46. The first-order valence-electron chi connectivity index (χ1n) is 8.50. The van der Waals surface area contributed by atoms with Crippen LogP contribution in [0.1, 0.15) is 17.5 Å². The van der Waals surface area contributed by atoms with Gasteiger partial charge in [-0.2, -0.15) is 0 Å². The Morgan fingerprint density at radius 2 is 1.46 bits per heavy atom. The molecule has 128 valence electrons. The fourth-order valence-corrected chi connectivity index (χ4v) is 3.69. The maximum atomic E-state index is 5.98. The van der Waals surface area contributed by atoms with E-state index in [1.165, 1.54) is 18.5 Å². The first-order valence-corrected chi connectivity index (χ1v) is 9.25. The summed E-state index contributed by atoms with van der Waals surface area (Å²) in [5.74, 6) is 0. The van der Waals surface area contributed by atoms with Crippen LogP contribution < -0.4 is 0 Å². The van der Waals surface area contributed by atoms with Crippen molar-refractivity contribution in [2.45, 2.75) is 19.4 Å². The number of aromatic nitrogens is 1. The largest absolute Gasteiger partial charge is 0.301 e. The number of benzene rings is 1. The van der Waals surface area contributed by atoms with Crippen molar-refractivity contribution in [3.63, 3.8) is 0 Å². The van der Waals surface area contributed by atoms with Gasteiger partial charge in [-0.05, 0) is 42.6 Å². The summed E-state index contributed by atoms with van der Waals surface area (Å²) < 4.78 is 0. The van der Waals surface area contributed by atoms with Gasteiger partial charge in [-0.25, -0.2) is 4.98 Å². The monoisotopic (exact) mass is 363 g/mol. The lowest BCUT2D eigenvalue weighted by atomic mass is 10.1. The highest BCUT2D eigenvalue weighted by molar-refractivity contribution is 6.32. The smallest absolute Gasteiger partial charge is 0.131 e. The Kier molecular flexibility index (Phi) is 6.50. The van der Waals surface area contributed by atoms with E-state index >= 15 is 0 Å². The second-order valence-corrected chi connectivity index (χ2v) is 7.10. The van der Waals surface area contributed by atoms with E-state index in [-0.39, 0.29) is 0 Å². The van der Waals surface area contributed by atoms with Crippen LogP contribution in [0.3, 0.4) is 0 Å². The second kappa shape index (κ2) is 8.82. The van der Waals surface area contributed by atoms with Crippen molar-refractivity contribution in [2.75, 3.05) is 32.7 Å². The molecular formula is C19H23Cl2N3. The molecule has 1 aromatic carbocycles. The molecule has 2 aromatic rings. The van der Waals surface area contributed by atoms with E-state index in [1.54, 1.807) is 0 Å². The highest BCUT2D eigenvalue weighted by atomic mass is 35.5. The van der Waals surface area contributed by atoms with Crippen molar-refractivity contribution in [1.29, 1.82) is 0 Å². The summed E-state index contributed by atoms with van der Waals surface area (Å²) in [5.41, 5.74) is 2.57. The molecule has 0 radical (unpaired) electrons. The maximum absolute atomic E-state index is 5.98. The molecule has 3 rings (SSSR count). The van der Waals surface area contributed by atoms with Gasteiger partial charge in [0.2, 0.25) is 0 Å². The summed E-state index contributed by atoms with van der Waals surface area (Å²) in [6, 6.07) is 14.5. The van der Waals surface area contributed by atoms with Crippen LogP contribution in [-0.4, -0.2) is 47.5 Å². The van der Waals surface area contributed by atoms with Gasteiger partial charge >= 0.3 is 0 Å². The average molecular weight is 364 g/mol. The Morgan fingerprint density at radius 1 is 0.833 bits per heavy atom. The van der Waals surface area contributed by atoms with Crippen LogP contribution in [-0.2, 0) is 13.0 Å². The van der Waals surface area contributed by atoms with Gasteiger partial charge in [0.1, 0.15) is 10.3 Å². The fourth-order valence-electron chi connectivity index (χ4n) is 3.19. The number of pyridine rings is 1. The number of aryl methyl sites for hydroxylation is 1. The Bertz CT molecular complexity index is 620. The van der Waals surface area contributed by atoms with E-state index in [2.05, 4.69) is 45.1 Å². The molecule has 0 spiro atoms. The topological polar surface area (TPSA) is 19.4 Å². The lowest BCUT2D eigenvalue weighted by molar-refractivity contribution is 0.126. The van der Waals surface area contributed by atoms with Gasteiger partial charge in [-0.3, -0.25) is 4.90 Å². The average Bonchev–Trinajstić information content (AvgIpc) is 2.56. The minimum atomic E-state index is 0.469. The minimum Gasteiger partial charge on any atom is -0.301 e. The Balaban J connectivity index is 1.39. The molecule has 0 atom stereocenters. The summed E-state index contributed by atoms with van der Waals surface area (Å²) in [6.07, 6.45) is 2.38. The van der Waals surface area contributed by atoms with Crippen molar-refractivity contribution in [1.82, 2.24) is 14.8 Å². The van der Waals surface area contributed by atoms with E-state index in [1.807, 2.05) is 12.1 Å². The van der Waals surface area contributed by atoms with Crippen LogP contribution in [0, 0.1) is 0 Å². The van der Waals surface area contributed by atoms with E-state index < -0.39 is 0 Å². The molecule has 0 saturated carbocycles. The van der Waals surface area contributed by atoms with Crippen molar-refractivity contribution in [3.05, 3.63) is 63.9 Å². The molecule has 1 aliphatic rings. The number of hydrogen-bond acceptors (Lipinski definition) is 3. The van der Waals surface area contributed by atoms with Gasteiger partial charge in [0.25, 0.3) is 0 Å². The van der Waals surface area contributed by atoms with E-state index in [0.29, 0.717) is 10.3 Å². The Hall–Kier alpha value is -1.13. The third-order valence-corrected chi connectivity index (χ3v) is 4.86. The highest BCUT2D eigenvalue weighted by Crippen LogP contribution is 2.17. The number of piperazine rings is 1. The number of halogens is 2. The molecule has 24 heavy (non-hydrogen) atoms. The second-order valence-electron chi connectivity index (χ2n) is 6.33. The molecule has 0 N–H and O–H groups in total. The molecule has 1 aliphatic heterocycles. The summed E-state index contributed by atoms with van der Waals surface area (Å²) in [6.45, 7) is 6.49. The van der Waals surface area contributed by atoms with Crippen LogP contribution in [0.2, 0.25) is 10.3 Å². The molecule has 1 aromatic heterocycles. The Morgan fingerprint density at radius 3 is 2.12 bits per heavy atom. The number of rotatable bonds is 6. The van der Waals surface area contributed by atoms with Crippen molar-refractivity contribution in [2.24, 2.45) is 0 Å². The zero-order chi connectivity index (χ0) is 16.8. The maximum Gasteiger partial charge on any atom is 0.131 e. The van der Waals surface area contributed by atoms with Crippen LogP contribution >= 0.6 is 23.2 Å².